The van der Waals surface area contributed by atoms with Gasteiger partial charge in [-0.25, -0.2) is 0 Å². The Morgan fingerprint density at radius 2 is 2.17 bits per heavy atom. The first-order valence-corrected chi connectivity index (χ1v) is 7.05. The molecule has 1 aromatic rings. The molecule has 96 valence electrons. The highest BCUT2D eigenvalue weighted by Crippen LogP contribution is 2.35. The predicted molar refractivity (Wildman–Crippen MR) is 71.1 cm³/mol. The number of ketones is 1. The molecule has 2 nitrogen and oxygen atoms in total. The van der Waals surface area contributed by atoms with Crippen LogP contribution in [0.3, 0.4) is 0 Å². The minimum atomic E-state index is 0.243. The van der Waals surface area contributed by atoms with Gasteiger partial charge in [0.1, 0.15) is 5.75 Å². The second-order valence-electron chi connectivity index (χ2n) is 5.65. The lowest BCUT2D eigenvalue weighted by Gasteiger charge is -2.19. The number of hydrogen-bond donors (Lipinski definition) is 0. The summed E-state index contributed by atoms with van der Waals surface area (Å²) in [6.07, 6.45) is 5.56. The van der Waals surface area contributed by atoms with Crippen LogP contribution in [0.2, 0.25) is 0 Å². The summed E-state index contributed by atoms with van der Waals surface area (Å²) in [4.78, 5) is 12.5. The number of carbonyl (C=O) groups excluding carboxylic acids is 1. The average Bonchev–Trinajstić information content (AvgIpc) is 2.83. The average molecular weight is 244 g/mol. The Kier molecular flexibility index (Phi) is 3.11. The second kappa shape index (κ2) is 4.75. The molecule has 0 saturated heterocycles. The highest BCUT2D eigenvalue weighted by Gasteiger charge is 2.30. The lowest BCUT2D eigenvalue weighted by Crippen LogP contribution is -2.18. The van der Waals surface area contributed by atoms with Crippen molar-refractivity contribution in [2.75, 3.05) is 6.61 Å². The zero-order valence-electron chi connectivity index (χ0n) is 10.9. The van der Waals surface area contributed by atoms with Crippen LogP contribution < -0.4 is 4.74 Å². The van der Waals surface area contributed by atoms with Gasteiger partial charge in [0, 0.05) is 11.5 Å². The molecule has 2 atom stereocenters. The normalized spacial score (nSPS) is 26.5. The van der Waals surface area contributed by atoms with Gasteiger partial charge in [-0.2, -0.15) is 0 Å². The van der Waals surface area contributed by atoms with E-state index in [2.05, 4.69) is 13.0 Å². The summed E-state index contributed by atoms with van der Waals surface area (Å²) in [7, 11) is 0. The molecule has 1 fully saturated rings. The van der Waals surface area contributed by atoms with Crippen molar-refractivity contribution in [3.05, 3.63) is 29.3 Å². The summed E-state index contributed by atoms with van der Waals surface area (Å²) < 4.78 is 5.59. The van der Waals surface area contributed by atoms with Crippen molar-refractivity contribution in [2.24, 2.45) is 11.8 Å². The zero-order chi connectivity index (χ0) is 12.5. The minimum absolute atomic E-state index is 0.243. The van der Waals surface area contributed by atoms with Crippen LogP contribution >= 0.6 is 0 Å². The number of Topliss-reactive ketones (excluding diaryl/α,β-unsaturated/α-hetero) is 1. The van der Waals surface area contributed by atoms with Crippen molar-refractivity contribution in [1.29, 1.82) is 0 Å². The molecule has 0 spiro atoms. The molecule has 0 radical (unpaired) electrons. The van der Waals surface area contributed by atoms with Crippen LogP contribution in [0.25, 0.3) is 0 Å². The molecule has 0 N–H and O–H groups in total. The summed E-state index contributed by atoms with van der Waals surface area (Å²) in [6, 6.07) is 5.97. The van der Waals surface area contributed by atoms with Crippen molar-refractivity contribution in [3.8, 4) is 5.75 Å². The molecule has 2 heteroatoms. The predicted octanol–water partition coefficient (Wildman–Crippen LogP) is 3.63. The van der Waals surface area contributed by atoms with Crippen molar-refractivity contribution < 1.29 is 9.53 Å². The van der Waals surface area contributed by atoms with Crippen molar-refractivity contribution >= 4 is 5.78 Å². The largest absolute Gasteiger partial charge is 0.493 e. The highest BCUT2D eigenvalue weighted by atomic mass is 16.5. The molecule has 0 amide bonds. The lowest BCUT2D eigenvalue weighted by molar-refractivity contribution is 0.0897. The molecule has 2 unspecified atom stereocenters. The van der Waals surface area contributed by atoms with Gasteiger partial charge in [0.2, 0.25) is 0 Å². The van der Waals surface area contributed by atoms with Gasteiger partial charge in [-0.15, -0.1) is 0 Å². The fraction of sp³-hybridized carbons (Fsp3) is 0.562. The van der Waals surface area contributed by atoms with Gasteiger partial charge in [-0.3, -0.25) is 4.79 Å². The number of hydrogen-bond acceptors (Lipinski definition) is 2. The maximum absolute atomic E-state index is 12.5. The van der Waals surface area contributed by atoms with Gasteiger partial charge in [0.25, 0.3) is 0 Å². The van der Waals surface area contributed by atoms with Gasteiger partial charge in [0.05, 0.1) is 6.61 Å². The van der Waals surface area contributed by atoms with E-state index in [-0.39, 0.29) is 5.92 Å². The van der Waals surface area contributed by atoms with Crippen LogP contribution in [0, 0.1) is 11.8 Å². The SMILES string of the molecule is CC1CCCC1C(=O)c1ccc2c(c1)CCCO2. The van der Waals surface area contributed by atoms with Crippen LogP contribution in [-0.2, 0) is 6.42 Å². The summed E-state index contributed by atoms with van der Waals surface area (Å²) in [5.74, 6) is 2.10. The fourth-order valence-electron chi connectivity index (χ4n) is 3.26. The third-order valence-corrected chi connectivity index (χ3v) is 4.39. The molecule has 2 aliphatic rings. The lowest BCUT2D eigenvalue weighted by atomic mass is 9.88. The van der Waals surface area contributed by atoms with E-state index in [9.17, 15) is 4.79 Å². The van der Waals surface area contributed by atoms with Crippen molar-refractivity contribution in [2.45, 2.75) is 39.0 Å². The maximum Gasteiger partial charge on any atom is 0.166 e. The first kappa shape index (κ1) is 11.8. The smallest absolute Gasteiger partial charge is 0.166 e. The molecule has 1 aliphatic carbocycles. The Bertz CT molecular complexity index is 464. The van der Waals surface area contributed by atoms with Gasteiger partial charge < -0.3 is 4.74 Å². The molecular formula is C16H20O2. The first-order valence-electron chi connectivity index (χ1n) is 7.05. The van der Waals surface area contributed by atoms with Gasteiger partial charge in [0.15, 0.2) is 5.78 Å². The molecule has 1 aliphatic heterocycles. The first-order chi connectivity index (χ1) is 8.75. The minimum Gasteiger partial charge on any atom is -0.493 e. The fourth-order valence-corrected chi connectivity index (χ4v) is 3.26. The molecule has 1 saturated carbocycles. The van der Waals surface area contributed by atoms with Crippen LogP contribution in [0.1, 0.15) is 48.5 Å². The Hall–Kier alpha value is -1.31. The van der Waals surface area contributed by atoms with Crippen LogP contribution in [-0.4, -0.2) is 12.4 Å². The highest BCUT2D eigenvalue weighted by molar-refractivity contribution is 5.98. The number of carbonyl (C=O) groups is 1. The van der Waals surface area contributed by atoms with E-state index in [1.165, 1.54) is 18.4 Å². The van der Waals surface area contributed by atoms with E-state index >= 15 is 0 Å². The van der Waals surface area contributed by atoms with Crippen LogP contribution in [0.4, 0.5) is 0 Å². The third-order valence-electron chi connectivity index (χ3n) is 4.39. The van der Waals surface area contributed by atoms with Gasteiger partial charge in [-0.05, 0) is 55.4 Å². The van der Waals surface area contributed by atoms with Gasteiger partial charge >= 0.3 is 0 Å². The second-order valence-corrected chi connectivity index (χ2v) is 5.65. The molecule has 3 rings (SSSR count). The number of benzene rings is 1. The Balaban J connectivity index is 1.85. The van der Waals surface area contributed by atoms with E-state index < -0.39 is 0 Å². The Labute approximate surface area is 108 Å². The molecule has 1 heterocycles. The number of ether oxygens (including phenoxy) is 1. The van der Waals surface area contributed by atoms with E-state index in [0.717, 1.165) is 37.2 Å². The van der Waals surface area contributed by atoms with Crippen molar-refractivity contribution in [3.63, 3.8) is 0 Å². The number of aryl methyl sites for hydroxylation is 1. The summed E-state index contributed by atoms with van der Waals surface area (Å²) in [5, 5.41) is 0. The summed E-state index contributed by atoms with van der Waals surface area (Å²) in [5.41, 5.74) is 2.09. The molecular weight excluding hydrogens is 224 g/mol. The molecule has 0 aromatic heterocycles. The quantitative estimate of drug-likeness (QED) is 0.743. The van der Waals surface area contributed by atoms with Crippen LogP contribution in [0.15, 0.2) is 18.2 Å². The topological polar surface area (TPSA) is 26.3 Å². The Morgan fingerprint density at radius 3 is 2.94 bits per heavy atom. The molecule has 0 bridgehead atoms. The third kappa shape index (κ3) is 2.05. The maximum atomic E-state index is 12.5. The monoisotopic (exact) mass is 244 g/mol. The van der Waals surface area contributed by atoms with E-state index in [1.54, 1.807) is 0 Å². The standard InChI is InChI=1S/C16H20O2/c1-11-4-2-6-14(11)16(17)13-7-8-15-12(10-13)5-3-9-18-15/h7-8,10-11,14H,2-6,9H2,1H3. The number of fused-ring (bicyclic) bond motifs is 1. The van der Waals surface area contributed by atoms with Crippen LogP contribution in [0.5, 0.6) is 5.75 Å². The zero-order valence-corrected chi connectivity index (χ0v) is 10.9. The summed E-state index contributed by atoms with van der Waals surface area (Å²) in [6.45, 7) is 3.01. The summed E-state index contributed by atoms with van der Waals surface area (Å²) >= 11 is 0. The van der Waals surface area contributed by atoms with E-state index in [0.29, 0.717) is 11.7 Å². The molecule has 1 aromatic carbocycles. The van der Waals surface area contributed by atoms with Crippen molar-refractivity contribution in [1.82, 2.24) is 0 Å². The number of rotatable bonds is 2. The van der Waals surface area contributed by atoms with Gasteiger partial charge in [-0.1, -0.05) is 13.3 Å². The Morgan fingerprint density at radius 1 is 1.28 bits per heavy atom. The van der Waals surface area contributed by atoms with E-state index in [1.807, 2.05) is 12.1 Å². The molecule has 18 heavy (non-hydrogen) atoms. The van der Waals surface area contributed by atoms with E-state index in [4.69, 9.17) is 4.74 Å².